The Morgan fingerprint density at radius 3 is 1.00 bits per heavy atom. The average molecular weight is 1540 g/mol. The normalized spacial score (nSPS) is 14.2. The van der Waals surface area contributed by atoms with Gasteiger partial charge in [0.15, 0.2) is 0 Å². The molecule has 1 heterocycles. The molecular formula is C106H68F6N4S. The van der Waals surface area contributed by atoms with E-state index in [1.165, 1.54) is 91.0 Å². The van der Waals surface area contributed by atoms with Crippen molar-refractivity contribution in [2.75, 3.05) is 4.90 Å². The average Bonchev–Trinajstić information content (AvgIpc) is 1.54. The van der Waals surface area contributed by atoms with Crippen LogP contribution in [0.4, 0.5) is 37.7 Å². The van der Waals surface area contributed by atoms with Gasteiger partial charge < -0.3 is 9.47 Å². The van der Waals surface area contributed by atoms with Gasteiger partial charge in [-0.05, 0) is 250 Å². The Bertz CT molecular complexity index is 6490. The van der Waals surface area contributed by atoms with Gasteiger partial charge in [-0.2, -0.15) is 26.3 Å². The molecule has 16 aromatic carbocycles. The highest BCUT2D eigenvalue weighted by molar-refractivity contribution is 7.79. The summed E-state index contributed by atoms with van der Waals surface area (Å²) >= 11 is 4.44. The molecule has 3 aliphatic rings. The van der Waals surface area contributed by atoms with Crippen molar-refractivity contribution >= 4 is 63.0 Å². The number of hydrogen-bond acceptors (Lipinski definition) is 4. The van der Waals surface area contributed by atoms with Gasteiger partial charge in [0.25, 0.3) is 0 Å². The maximum absolute atomic E-state index is 14.1. The minimum atomic E-state index is -4.60. The van der Waals surface area contributed by atoms with Crippen LogP contribution < -0.4 is 4.90 Å². The maximum atomic E-state index is 14.1. The Hall–Kier alpha value is -14.1. The fourth-order valence-corrected chi connectivity index (χ4v) is 18.6. The molecule has 0 saturated carbocycles. The first kappa shape index (κ1) is 71.9. The number of halogens is 6. The minimum Gasteiger partial charge on any atom is -0.309 e. The van der Waals surface area contributed by atoms with Gasteiger partial charge in [-0.25, -0.2) is 4.40 Å². The van der Waals surface area contributed by atoms with Gasteiger partial charge in [0.2, 0.25) is 0 Å². The van der Waals surface area contributed by atoms with Gasteiger partial charge in [0, 0.05) is 33.4 Å². The highest BCUT2D eigenvalue weighted by atomic mass is 32.1. The summed E-state index contributed by atoms with van der Waals surface area (Å²) in [5.41, 5.74) is 27.4. The molecule has 117 heavy (non-hydrogen) atoms. The van der Waals surface area contributed by atoms with Crippen LogP contribution in [-0.2, 0) is 23.2 Å². The predicted molar refractivity (Wildman–Crippen MR) is 468 cm³/mol. The van der Waals surface area contributed by atoms with Crippen molar-refractivity contribution < 1.29 is 26.3 Å². The number of thiol groups is 1. The molecule has 17 aromatic rings. The summed E-state index contributed by atoms with van der Waals surface area (Å²) in [6.07, 6.45) is -5.55. The van der Waals surface area contributed by atoms with Gasteiger partial charge in [-0.1, -0.05) is 291 Å². The van der Waals surface area contributed by atoms with E-state index < -0.39 is 34.3 Å². The Morgan fingerprint density at radius 2 is 0.607 bits per heavy atom. The third kappa shape index (κ3) is 12.0. The van der Waals surface area contributed by atoms with Crippen LogP contribution in [0, 0.1) is 5.41 Å². The van der Waals surface area contributed by atoms with Crippen molar-refractivity contribution in [1.82, 2.24) is 4.57 Å². The van der Waals surface area contributed by atoms with Gasteiger partial charge in [-0.3, -0.25) is 5.41 Å². The highest BCUT2D eigenvalue weighted by Crippen LogP contribution is 2.59. The number of fused-ring (bicyclic) bond motifs is 9. The Labute approximate surface area is 678 Å². The second-order valence-electron chi connectivity index (χ2n) is 30.0. The third-order valence-corrected chi connectivity index (χ3v) is 24.0. The number of alkyl halides is 6. The standard InChI is InChI=1S/C106H68F6N4S/c107-105(108,109)82-47-37-67(38-48-82)68-39-51-84(52-40-68)115(85-55-49-83(50-56-85)106(110,111)112)100-62-59-87(101(113)102(100)114-117)73-41-53-86(54-42-73)116-98-60-45-74(69-29-33-71(34-30-69)76-43-57-90-88-25-13-15-27-94(88)103(96(90)65-76,78-17-5-1-6-18-78)79-19-7-2-8-20-79)63-92(98)93-64-75(46-61-99(93)116)70-31-35-72(36-32-70)77-44-58-91-89-26-14-16-28-95(89)104(97(91)66-77,80-21-9-3-10-22-80)81-23-11-4-12-24-81/h1-66,113,117H/b113-101?,114-102-. The van der Waals surface area contributed by atoms with Gasteiger partial charge in [-0.15, -0.1) is 0 Å². The molecule has 0 saturated heterocycles. The summed E-state index contributed by atoms with van der Waals surface area (Å²) in [6, 6.07) is 131. The highest BCUT2D eigenvalue weighted by Gasteiger charge is 2.48. The number of rotatable bonds is 14. The van der Waals surface area contributed by atoms with Crippen LogP contribution in [0.5, 0.6) is 0 Å². The van der Waals surface area contributed by atoms with Crippen molar-refractivity contribution in [2.45, 2.75) is 23.2 Å². The second-order valence-corrected chi connectivity index (χ2v) is 30.2. The largest absolute Gasteiger partial charge is 0.416 e. The quantitative estimate of drug-likeness (QED) is 0.0636. The van der Waals surface area contributed by atoms with E-state index in [9.17, 15) is 31.8 Å². The predicted octanol–water partition coefficient (Wildman–Crippen LogP) is 28.3. The molecule has 1 N–H and O–H groups in total. The molecule has 0 radical (unpaired) electrons. The lowest BCUT2D eigenvalue weighted by Crippen LogP contribution is -2.30. The SMILES string of the molecule is N=C1C(c2ccc(-n3c4ccc(-c5ccc(-c6ccc7c(c6)C(c6ccccc6)(c6ccccc6)c6ccccc6-7)cc5)cc4c4cc(-c5ccc(-c6ccc7c(c6)C(c6ccccc6)(c6ccccc6)c6ccccc6-7)cc5)ccc43)cc2)=CC=C(N(c2ccc(-c3ccc(C(F)(F)F)cc3)cc2)c2ccc(C(F)(F)F)cc2)/C1=N/S. The van der Waals surface area contributed by atoms with E-state index in [0.29, 0.717) is 39.3 Å². The number of aromatic nitrogens is 1. The Kier molecular flexibility index (Phi) is 17.5. The van der Waals surface area contributed by atoms with Gasteiger partial charge in [0.05, 0.1) is 44.4 Å². The fourth-order valence-electron chi connectivity index (χ4n) is 18.4. The van der Waals surface area contributed by atoms with E-state index in [4.69, 9.17) is 0 Å². The molecule has 0 aliphatic heterocycles. The van der Waals surface area contributed by atoms with Crippen molar-refractivity contribution in [3.8, 4) is 83.6 Å². The maximum Gasteiger partial charge on any atom is 0.416 e. The van der Waals surface area contributed by atoms with E-state index in [0.717, 1.165) is 96.3 Å². The molecule has 20 rings (SSSR count). The van der Waals surface area contributed by atoms with Crippen LogP contribution in [0.3, 0.4) is 0 Å². The van der Waals surface area contributed by atoms with E-state index in [-0.39, 0.29) is 11.4 Å². The van der Waals surface area contributed by atoms with Gasteiger partial charge >= 0.3 is 12.4 Å². The van der Waals surface area contributed by atoms with E-state index in [1.807, 2.05) is 24.3 Å². The van der Waals surface area contributed by atoms with Crippen LogP contribution in [0.1, 0.15) is 61.2 Å². The molecule has 0 unspecified atom stereocenters. The summed E-state index contributed by atoms with van der Waals surface area (Å²) in [5, 5.41) is 11.9. The number of benzene rings is 16. The van der Waals surface area contributed by atoms with Crippen molar-refractivity contribution in [3.63, 3.8) is 0 Å². The number of hydrogen-bond donors (Lipinski definition) is 2. The van der Waals surface area contributed by atoms with Gasteiger partial charge in [0.1, 0.15) is 5.71 Å². The summed E-state index contributed by atoms with van der Waals surface area (Å²) in [4.78, 5) is 1.69. The van der Waals surface area contributed by atoms with Crippen LogP contribution in [0.2, 0.25) is 0 Å². The topological polar surface area (TPSA) is 44.4 Å². The van der Waals surface area contributed by atoms with E-state index in [1.54, 1.807) is 41.3 Å². The summed E-state index contributed by atoms with van der Waals surface area (Å²) in [7, 11) is 0. The molecule has 0 atom stereocenters. The van der Waals surface area contributed by atoms with Crippen molar-refractivity contribution in [3.05, 3.63) is 467 Å². The molecule has 11 heteroatoms. The van der Waals surface area contributed by atoms with Crippen LogP contribution in [0.25, 0.3) is 111 Å². The van der Waals surface area contributed by atoms with Crippen molar-refractivity contribution in [1.29, 1.82) is 5.41 Å². The van der Waals surface area contributed by atoms with Crippen molar-refractivity contribution in [2.24, 2.45) is 4.40 Å². The number of allylic oxidation sites excluding steroid dienone is 4. The number of nitrogens with zero attached hydrogens (tertiary/aromatic N) is 3. The summed E-state index contributed by atoms with van der Waals surface area (Å²) < 4.78 is 89.5. The minimum absolute atomic E-state index is 0.0179. The number of nitrogens with one attached hydrogen (secondary N) is 1. The zero-order chi connectivity index (χ0) is 79.3. The first-order valence-corrected chi connectivity index (χ1v) is 39.1. The van der Waals surface area contributed by atoms with E-state index >= 15 is 0 Å². The van der Waals surface area contributed by atoms with E-state index in [2.05, 4.69) is 313 Å². The zero-order valence-electron chi connectivity index (χ0n) is 62.7. The van der Waals surface area contributed by atoms with Crippen LogP contribution >= 0.6 is 12.8 Å². The fraction of sp³-hybridized carbons (Fsp3) is 0.0377. The molecular weight excluding hydrogens is 1480 g/mol. The monoisotopic (exact) mass is 1540 g/mol. The first-order chi connectivity index (χ1) is 57.1. The first-order valence-electron chi connectivity index (χ1n) is 38.7. The molecule has 0 fully saturated rings. The molecule has 1 aromatic heterocycles. The lowest BCUT2D eigenvalue weighted by molar-refractivity contribution is -0.138. The van der Waals surface area contributed by atoms with Crippen LogP contribution in [0.15, 0.2) is 410 Å². The molecule has 3 aliphatic carbocycles. The summed E-state index contributed by atoms with van der Waals surface area (Å²) in [6.45, 7) is 0. The van der Waals surface area contributed by atoms with Crippen LogP contribution in [-0.4, -0.2) is 16.0 Å². The second kappa shape index (κ2) is 28.5. The lowest BCUT2D eigenvalue weighted by Gasteiger charge is -2.34. The number of anilines is 2. The third-order valence-electron chi connectivity index (χ3n) is 23.8. The molecule has 4 nitrogen and oxygen atoms in total. The smallest absolute Gasteiger partial charge is 0.309 e. The lowest BCUT2D eigenvalue weighted by atomic mass is 9.67. The zero-order valence-corrected chi connectivity index (χ0v) is 63.6. The molecule has 560 valence electrons. The molecule has 0 spiro atoms. The molecule has 0 bridgehead atoms. The molecule has 0 amide bonds. The summed E-state index contributed by atoms with van der Waals surface area (Å²) in [5.74, 6) is 0. The Morgan fingerprint density at radius 1 is 0.299 bits per heavy atom. The Balaban J connectivity index is 0.670.